The van der Waals surface area contributed by atoms with Crippen molar-refractivity contribution in [1.82, 2.24) is 0 Å². The normalized spacial score (nSPS) is 10.8. The van der Waals surface area contributed by atoms with E-state index < -0.39 is 5.97 Å². The number of ether oxygens (including phenoxy) is 1. The molecular formula is C17H15FO3. The highest BCUT2D eigenvalue weighted by molar-refractivity contribution is 5.85. The first kappa shape index (κ1) is 14.8. The second-order valence-corrected chi connectivity index (χ2v) is 4.62. The summed E-state index contributed by atoms with van der Waals surface area (Å²) >= 11 is 0. The van der Waals surface area contributed by atoms with Crippen LogP contribution in [0.3, 0.4) is 0 Å². The highest BCUT2D eigenvalue weighted by Gasteiger charge is 2.01. The van der Waals surface area contributed by atoms with E-state index in [1.165, 1.54) is 12.1 Å². The average molecular weight is 286 g/mol. The Balaban J connectivity index is 2.04. The fourth-order valence-corrected chi connectivity index (χ4v) is 1.83. The van der Waals surface area contributed by atoms with Crippen molar-refractivity contribution in [3.8, 4) is 5.75 Å². The van der Waals surface area contributed by atoms with Gasteiger partial charge in [0, 0.05) is 6.08 Å². The number of halogens is 1. The molecule has 0 saturated carbocycles. The van der Waals surface area contributed by atoms with Crippen LogP contribution in [0.15, 0.2) is 48.5 Å². The van der Waals surface area contributed by atoms with Gasteiger partial charge in [0.15, 0.2) is 0 Å². The van der Waals surface area contributed by atoms with Crippen LogP contribution >= 0.6 is 0 Å². The van der Waals surface area contributed by atoms with E-state index in [1.807, 2.05) is 24.3 Å². The predicted octanol–water partition coefficient (Wildman–Crippen LogP) is 3.81. The zero-order valence-corrected chi connectivity index (χ0v) is 11.5. The van der Waals surface area contributed by atoms with Gasteiger partial charge in [0.25, 0.3) is 0 Å². The lowest BCUT2D eigenvalue weighted by atomic mass is 10.1. The average Bonchev–Trinajstić information content (AvgIpc) is 2.47. The van der Waals surface area contributed by atoms with Crippen molar-refractivity contribution < 1.29 is 19.0 Å². The summed E-state index contributed by atoms with van der Waals surface area (Å²) in [7, 11) is 0. The van der Waals surface area contributed by atoms with Crippen molar-refractivity contribution in [1.29, 1.82) is 0 Å². The maximum Gasteiger partial charge on any atom is 0.328 e. The molecule has 0 amide bonds. The number of carboxylic acids is 1. The zero-order valence-electron chi connectivity index (χ0n) is 11.5. The number of benzene rings is 2. The summed E-state index contributed by atoms with van der Waals surface area (Å²) < 4.78 is 18.8. The quantitative estimate of drug-likeness (QED) is 0.850. The molecule has 3 nitrogen and oxygen atoms in total. The van der Waals surface area contributed by atoms with E-state index in [0.29, 0.717) is 17.9 Å². The van der Waals surface area contributed by atoms with E-state index in [4.69, 9.17) is 9.84 Å². The number of hydrogen-bond acceptors (Lipinski definition) is 2. The minimum atomic E-state index is -0.988. The summed E-state index contributed by atoms with van der Waals surface area (Å²) in [6.45, 7) is 2.01. The van der Waals surface area contributed by atoms with E-state index in [-0.39, 0.29) is 5.82 Å². The molecule has 4 heteroatoms. The van der Waals surface area contributed by atoms with Crippen molar-refractivity contribution >= 4 is 12.0 Å². The number of carboxylic acid groups (broad SMARTS) is 1. The third-order valence-electron chi connectivity index (χ3n) is 2.90. The molecule has 21 heavy (non-hydrogen) atoms. The maximum absolute atomic E-state index is 13.2. The van der Waals surface area contributed by atoms with Crippen LogP contribution < -0.4 is 4.74 Å². The second-order valence-electron chi connectivity index (χ2n) is 4.62. The molecule has 0 aromatic heterocycles. The van der Waals surface area contributed by atoms with Gasteiger partial charge in [0.05, 0.1) is 0 Å². The van der Waals surface area contributed by atoms with Crippen LogP contribution in [0.2, 0.25) is 0 Å². The molecule has 1 N–H and O–H groups in total. The van der Waals surface area contributed by atoms with Crippen molar-refractivity contribution in [2.24, 2.45) is 0 Å². The molecular weight excluding hydrogens is 271 g/mol. The first-order valence-electron chi connectivity index (χ1n) is 6.43. The SMILES string of the molecule is Cc1cc(OCc2cccc(/C=C/C(=O)O)c2)ccc1F. The molecule has 0 spiro atoms. The van der Waals surface area contributed by atoms with Gasteiger partial charge in [-0.15, -0.1) is 0 Å². The lowest BCUT2D eigenvalue weighted by Gasteiger charge is -2.08. The summed E-state index contributed by atoms with van der Waals surface area (Å²) in [5, 5.41) is 8.60. The number of hydrogen-bond donors (Lipinski definition) is 1. The van der Waals surface area contributed by atoms with Crippen LogP contribution in [0.1, 0.15) is 16.7 Å². The minimum Gasteiger partial charge on any atom is -0.489 e. The topological polar surface area (TPSA) is 46.5 Å². The van der Waals surface area contributed by atoms with Crippen molar-refractivity contribution in [3.05, 3.63) is 71.0 Å². The van der Waals surface area contributed by atoms with Crippen LogP contribution in [-0.2, 0) is 11.4 Å². The van der Waals surface area contributed by atoms with Crippen LogP contribution in [-0.4, -0.2) is 11.1 Å². The molecule has 0 saturated heterocycles. The van der Waals surface area contributed by atoms with Crippen LogP contribution in [0.25, 0.3) is 6.08 Å². The van der Waals surface area contributed by atoms with Gasteiger partial charge in [-0.1, -0.05) is 18.2 Å². The number of carbonyl (C=O) groups is 1. The van der Waals surface area contributed by atoms with Crippen molar-refractivity contribution in [2.75, 3.05) is 0 Å². The molecule has 0 fully saturated rings. The van der Waals surface area contributed by atoms with E-state index in [1.54, 1.807) is 19.1 Å². The number of aryl methyl sites for hydroxylation is 1. The third kappa shape index (κ3) is 4.45. The predicted molar refractivity (Wildman–Crippen MR) is 78.6 cm³/mol. The monoisotopic (exact) mass is 286 g/mol. The Bertz CT molecular complexity index is 677. The second kappa shape index (κ2) is 6.70. The molecule has 2 rings (SSSR count). The summed E-state index contributed by atoms with van der Waals surface area (Å²) in [4.78, 5) is 10.5. The first-order chi connectivity index (χ1) is 10.0. The molecule has 0 bridgehead atoms. The van der Waals surface area contributed by atoms with E-state index in [9.17, 15) is 9.18 Å². The van der Waals surface area contributed by atoms with E-state index >= 15 is 0 Å². The van der Waals surface area contributed by atoms with Gasteiger partial charge in [0.2, 0.25) is 0 Å². The molecule has 0 atom stereocenters. The fraction of sp³-hybridized carbons (Fsp3) is 0.118. The highest BCUT2D eigenvalue weighted by atomic mass is 19.1. The Labute approximate surface area is 122 Å². The Morgan fingerprint density at radius 2 is 2.10 bits per heavy atom. The molecule has 0 aliphatic heterocycles. The summed E-state index contributed by atoms with van der Waals surface area (Å²) in [6, 6.07) is 12.0. The molecule has 0 heterocycles. The smallest absolute Gasteiger partial charge is 0.328 e. The van der Waals surface area contributed by atoms with Gasteiger partial charge >= 0.3 is 5.97 Å². The Hall–Kier alpha value is -2.62. The molecule has 0 radical (unpaired) electrons. The van der Waals surface area contributed by atoms with Crippen LogP contribution in [0.5, 0.6) is 5.75 Å². The minimum absolute atomic E-state index is 0.261. The zero-order chi connectivity index (χ0) is 15.2. The van der Waals surface area contributed by atoms with Crippen LogP contribution in [0.4, 0.5) is 4.39 Å². The Kier molecular flexibility index (Phi) is 4.72. The van der Waals surface area contributed by atoms with E-state index in [2.05, 4.69) is 0 Å². The van der Waals surface area contributed by atoms with E-state index in [0.717, 1.165) is 17.2 Å². The lowest BCUT2D eigenvalue weighted by molar-refractivity contribution is -0.131. The fourth-order valence-electron chi connectivity index (χ4n) is 1.83. The summed E-state index contributed by atoms with van der Waals surface area (Å²) in [5.41, 5.74) is 2.23. The van der Waals surface area contributed by atoms with Gasteiger partial charge in [-0.2, -0.15) is 0 Å². The standard InChI is InChI=1S/C17H15FO3/c1-12-9-15(6-7-16(12)18)21-11-14-4-2-3-13(10-14)5-8-17(19)20/h2-10H,11H2,1H3,(H,19,20)/b8-5+. The van der Waals surface area contributed by atoms with Crippen molar-refractivity contribution in [2.45, 2.75) is 13.5 Å². The Morgan fingerprint density at radius 3 is 2.81 bits per heavy atom. The van der Waals surface area contributed by atoms with Gasteiger partial charge in [-0.05, 0) is 54.0 Å². The van der Waals surface area contributed by atoms with Gasteiger partial charge < -0.3 is 9.84 Å². The summed E-state index contributed by atoms with van der Waals surface area (Å²) in [5.74, 6) is -0.651. The maximum atomic E-state index is 13.2. The Morgan fingerprint density at radius 1 is 1.29 bits per heavy atom. The molecule has 2 aromatic rings. The molecule has 108 valence electrons. The van der Waals surface area contributed by atoms with Gasteiger partial charge in [-0.25, -0.2) is 9.18 Å². The van der Waals surface area contributed by atoms with Gasteiger partial charge in [-0.3, -0.25) is 0 Å². The van der Waals surface area contributed by atoms with Crippen molar-refractivity contribution in [3.63, 3.8) is 0 Å². The summed E-state index contributed by atoms with van der Waals surface area (Å²) in [6.07, 6.45) is 2.61. The first-order valence-corrected chi connectivity index (χ1v) is 6.43. The number of aliphatic carboxylic acids is 1. The largest absolute Gasteiger partial charge is 0.489 e. The molecule has 2 aromatic carbocycles. The molecule has 0 aliphatic rings. The molecule has 0 aliphatic carbocycles. The lowest BCUT2D eigenvalue weighted by Crippen LogP contribution is -1.96. The van der Waals surface area contributed by atoms with Crippen LogP contribution in [0, 0.1) is 12.7 Å². The number of rotatable bonds is 5. The highest BCUT2D eigenvalue weighted by Crippen LogP contribution is 2.18. The molecule has 0 unspecified atom stereocenters. The third-order valence-corrected chi connectivity index (χ3v) is 2.90. The van der Waals surface area contributed by atoms with Gasteiger partial charge in [0.1, 0.15) is 18.2 Å².